The first-order valence-electron chi connectivity index (χ1n) is 5.95. The van der Waals surface area contributed by atoms with Crippen molar-refractivity contribution in [2.75, 3.05) is 0 Å². The largest absolute Gasteiger partial charge is 0.478 e. The van der Waals surface area contributed by atoms with Crippen LogP contribution < -0.4 is 0 Å². The third-order valence-electron chi connectivity index (χ3n) is 3.16. The summed E-state index contributed by atoms with van der Waals surface area (Å²) in [6.45, 7) is 5.28. The summed E-state index contributed by atoms with van der Waals surface area (Å²) in [6.07, 6.45) is 0. The van der Waals surface area contributed by atoms with E-state index >= 15 is 0 Å². The zero-order valence-electron chi connectivity index (χ0n) is 11.1. The standard InChI is InChI=1S/C15H15NO3/c1-9-7-14(11(3)17)10(2)16(9)13-6-4-5-12(8-13)15(18)19/h4-8H,1-3H3,(H,18,19). The van der Waals surface area contributed by atoms with Crippen LogP contribution in [0.15, 0.2) is 30.3 Å². The number of benzene rings is 1. The lowest BCUT2D eigenvalue weighted by atomic mass is 10.2. The normalized spacial score (nSPS) is 10.5. The van der Waals surface area contributed by atoms with E-state index in [1.165, 1.54) is 6.92 Å². The molecule has 98 valence electrons. The van der Waals surface area contributed by atoms with Crippen molar-refractivity contribution in [3.63, 3.8) is 0 Å². The van der Waals surface area contributed by atoms with E-state index in [1.807, 2.05) is 30.5 Å². The van der Waals surface area contributed by atoms with E-state index in [1.54, 1.807) is 18.2 Å². The molecule has 0 unspecified atom stereocenters. The Morgan fingerprint density at radius 1 is 1.16 bits per heavy atom. The summed E-state index contributed by atoms with van der Waals surface area (Å²) in [6, 6.07) is 8.50. The third-order valence-corrected chi connectivity index (χ3v) is 3.16. The Morgan fingerprint density at radius 2 is 1.84 bits per heavy atom. The molecule has 0 aliphatic heterocycles. The highest BCUT2D eigenvalue weighted by Gasteiger charge is 2.14. The first-order chi connectivity index (χ1) is 8.91. The Balaban J connectivity index is 2.62. The Kier molecular flexibility index (Phi) is 3.25. The van der Waals surface area contributed by atoms with Crippen molar-refractivity contribution in [1.82, 2.24) is 4.57 Å². The molecule has 0 fully saturated rings. The maximum atomic E-state index is 11.5. The molecule has 19 heavy (non-hydrogen) atoms. The van der Waals surface area contributed by atoms with Gasteiger partial charge in [-0.2, -0.15) is 0 Å². The molecule has 0 aliphatic carbocycles. The maximum absolute atomic E-state index is 11.5. The van der Waals surface area contributed by atoms with Gasteiger partial charge >= 0.3 is 5.97 Å². The number of ketones is 1. The zero-order valence-corrected chi connectivity index (χ0v) is 11.1. The number of carboxylic acids is 1. The van der Waals surface area contributed by atoms with Crippen LogP contribution in [0.3, 0.4) is 0 Å². The van der Waals surface area contributed by atoms with Crippen molar-refractivity contribution in [1.29, 1.82) is 0 Å². The molecule has 0 spiro atoms. The smallest absolute Gasteiger partial charge is 0.335 e. The number of carbonyl (C=O) groups is 2. The summed E-state index contributed by atoms with van der Waals surface area (Å²) in [7, 11) is 0. The van der Waals surface area contributed by atoms with Crippen molar-refractivity contribution in [2.24, 2.45) is 0 Å². The van der Waals surface area contributed by atoms with Crippen molar-refractivity contribution >= 4 is 11.8 Å². The van der Waals surface area contributed by atoms with E-state index in [2.05, 4.69) is 0 Å². The summed E-state index contributed by atoms with van der Waals surface area (Å²) < 4.78 is 1.89. The minimum atomic E-state index is -0.962. The summed E-state index contributed by atoms with van der Waals surface area (Å²) in [5, 5.41) is 9.02. The summed E-state index contributed by atoms with van der Waals surface area (Å²) >= 11 is 0. The number of aryl methyl sites for hydroxylation is 1. The number of carboxylic acid groups (broad SMARTS) is 1. The van der Waals surface area contributed by atoms with Crippen LogP contribution in [0.5, 0.6) is 0 Å². The highest BCUT2D eigenvalue weighted by atomic mass is 16.4. The quantitative estimate of drug-likeness (QED) is 0.860. The molecule has 1 aromatic heterocycles. The van der Waals surface area contributed by atoms with Gasteiger partial charge in [-0.1, -0.05) is 6.07 Å². The highest BCUT2D eigenvalue weighted by molar-refractivity contribution is 5.95. The molecular formula is C15H15NO3. The molecule has 0 aliphatic rings. The van der Waals surface area contributed by atoms with E-state index in [0.717, 1.165) is 17.1 Å². The number of rotatable bonds is 3. The van der Waals surface area contributed by atoms with E-state index in [9.17, 15) is 9.59 Å². The first kappa shape index (κ1) is 13.1. The molecular weight excluding hydrogens is 242 g/mol. The second-order valence-electron chi connectivity index (χ2n) is 4.53. The van der Waals surface area contributed by atoms with E-state index < -0.39 is 5.97 Å². The lowest BCUT2D eigenvalue weighted by molar-refractivity contribution is 0.0696. The SMILES string of the molecule is CC(=O)c1cc(C)n(-c2cccc(C(=O)O)c2)c1C. The molecule has 0 amide bonds. The minimum absolute atomic E-state index is 0.00809. The van der Waals surface area contributed by atoms with E-state index in [-0.39, 0.29) is 11.3 Å². The van der Waals surface area contributed by atoms with Crippen molar-refractivity contribution < 1.29 is 14.7 Å². The Labute approximate surface area is 111 Å². The fourth-order valence-electron chi connectivity index (χ4n) is 2.29. The lowest BCUT2D eigenvalue weighted by Crippen LogP contribution is -2.03. The average molecular weight is 257 g/mol. The fraction of sp³-hybridized carbons (Fsp3) is 0.200. The van der Waals surface area contributed by atoms with Gasteiger partial charge in [-0.05, 0) is 45.0 Å². The van der Waals surface area contributed by atoms with Crippen molar-refractivity contribution in [3.05, 3.63) is 52.8 Å². The van der Waals surface area contributed by atoms with Gasteiger partial charge in [0, 0.05) is 22.6 Å². The molecule has 0 saturated heterocycles. The van der Waals surface area contributed by atoms with Crippen molar-refractivity contribution in [2.45, 2.75) is 20.8 Å². The monoisotopic (exact) mass is 257 g/mol. The zero-order chi connectivity index (χ0) is 14.2. The Hall–Kier alpha value is -2.36. The number of nitrogens with zero attached hydrogens (tertiary/aromatic N) is 1. The topological polar surface area (TPSA) is 59.3 Å². The molecule has 1 aromatic carbocycles. The molecule has 4 heteroatoms. The van der Waals surface area contributed by atoms with Crippen LogP contribution in [0, 0.1) is 13.8 Å². The van der Waals surface area contributed by atoms with E-state index in [4.69, 9.17) is 5.11 Å². The van der Waals surface area contributed by atoms with Gasteiger partial charge in [-0.3, -0.25) is 4.79 Å². The summed E-state index contributed by atoms with van der Waals surface area (Å²) in [5.74, 6) is -0.954. The Bertz CT molecular complexity index is 668. The number of hydrogen-bond donors (Lipinski definition) is 1. The minimum Gasteiger partial charge on any atom is -0.478 e. The summed E-state index contributed by atoms with van der Waals surface area (Å²) in [5.41, 5.74) is 3.38. The molecule has 2 rings (SSSR count). The molecule has 1 N–H and O–H groups in total. The van der Waals surface area contributed by atoms with Gasteiger partial charge in [0.2, 0.25) is 0 Å². The number of aromatic carboxylic acids is 1. The average Bonchev–Trinajstić information content (AvgIpc) is 2.65. The van der Waals surface area contributed by atoms with Gasteiger partial charge in [-0.15, -0.1) is 0 Å². The summed E-state index contributed by atoms with van der Waals surface area (Å²) in [4.78, 5) is 22.5. The second-order valence-corrected chi connectivity index (χ2v) is 4.53. The van der Waals surface area contributed by atoms with Gasteiger partial charge < -0.3 is 9.67 Å². The molecule has 1 heterocycles. The van der Waals surface area contributed by atoms with Gasteiger partial charge in [0.1, 0.15) is 0 Å². The van der Waals surface area contributed by atoms with Crippen LogP contribution in [-0.2, 0) is 0 Å². The Morgan fingerprint density at radius 3 is 2.37 bits per heavy atom. The predicted octanol–water partition coefficient (Wildman–Crippen LogP) is 2.99. The molecule has 0 saturated carbocycles. The predicted molar refractivity (Wildman–Crippen MR) is 72.2 cm³/mol. The molecule has 4 nitrogen and oxygen atoms in total. The van der Waals surface area contributed by atoms with Crippen molar-refractivity contribution in [3.8, 4) is 5.69 Å². The molecule has 2 aromatic rings. The van der Waals surface area contributed by atoms with Crippen LogP contribution in [0.4, 0.5) is 0 Å². The molecule has 0 bridgehead atoms. The fourth-order valence-corrected chi connectivity index (χ4v) is 2.29. The second kappa shape index (κ2) is 4.72. The number of Topliss-reactive ketones (excluding diaryl/α,β-unsaturated/α-hetero) is 1. The van der Waals surface area contributed by atoms with Crippen LogP contribution >= 0.6 is 0 Å². The van der Waals surface area contributed by atoms with Gasteiger partial charge in [-0.25, -0.2) is 4.79 Å². The lowest BCUT2D eigenvalue weighted by Gasteiger charge is -2.10. The van der Waals surface area contributed by atoms with Crippen LogP contribution in [0.1, 0.15) is 39.0 Å². The van der Waals surface area contributed by atoms with Crippen LogP contribution in [0.2, 0.25) is 0 Å². The number of aromatic nitrogens is 1. The maximum Gasteiger partial charge on any atom is 0.335 e. The van der Waals surface area contributed by atoms with Gasteiger partial charge in [0.05, 0.1) is 5.56 Å². The third kappa shape index (κ3) is 2.29. The van der Waals surface area contributed by atoms with Crippen LogP contribution in [-0.4, -0.2) is 21.4 Å². The van der Waals surface area contributed by atoms with E-state index in [0.29, 0.717) is 5.56 Å². The van der Waals surface area contributed by atoms with Crippen LogP contribution in [0.25, 0.3) is 5.69 Å². The number of hydrogen-bond acceptors (Lipinski definition) is 2. The first-order valence-corrected chi connectivity index (χ1v) is 5.95. The highest BCUT2D eigenvalue weighted by Crippen LogP contribution is 2.21. The van der Waals surface area contributed by atoms with Gasteiger partial charge in [0.15, 0.2) is 5.78 Å². The number of carbonyl (C=O) groups excluding carboxylic acids is 1. The molecule has 0 radical (unpaired) electrons. The molecule has 0 atom stereocenters. The van der Waals surface area contributed by atoms with Gasteiger partial charge in [0.25, 0.3) is 0 Å².